The summed E-state index contributed by atoms with van der Waals surface area (Å²) >= 11 is 0. The molecular weight excluding hydrogens is 568 g/mol. The molecule has 2 atom stereocenters. The minimum atomic E-state index is -5.58. The molecule has 0 bridgehead atoms. The molecule has 0 unspecified atom stereocenters. The monoisotopic (exact) mass is 605 g/mol. The molecule has 2 heterocycles. The fourth-order valence-electron chi connectivity index (χ4n) is 7.07. The van der Waals surface area contributed by atoms with Gasteiger partial charge in [-0.25, -0.2) is 0 Å². The van der Waals surface area contributed by atoms with Gasteiger partial charge in [0.1, 0.15) is 5.60 Å². The van der Waals surface area contributed by atoms with Gasteiger partial charge in [-0.3, -0.25) is 4.90 Å². The van der Waals surface area contributed by atoms with Crippen LogP contribution in [-0.4, -0.2) is 54.2 Å². The maximum atomic E-state index is 13.9. The van der Waals surface area contributed by atoms with Crippen LogP contribution in [-0.2, 0) is 15.1 Å². The normalized spacial score (nSPS) is 21.7. The van der Waals surface area contributed by atoms with Gasteiger partial charge in [-0.05, 0) is 55.3 Å². The van der Waals surface area contributed by atoms with E-state index in [2.05, 4.69) is 0 Å². The maximum Gasteiger partial charge on any atom is 0.426 e. The molecule has 0 radical (unpaired) electrons. The summed E-state index contributed by atoms with van der Waals surface area (Å²) in [4.78, 5) is 2.04. The third-order valence-electron chi connectivity index (χ3n) is 9.17. The molecule has 5 rings (SSSR count). The van der Waals surface area contributed by atoms with Crippen LogP contribution in [0.15, 0.2) is 91.0 Å². The van der Waals surface area contributed by atoms with Crippen LogP contribution in [0.3, 0.4) is 0 Å². The van der Waals surface area contributed by atoms with Crippen molar-refractivity contribution in [1.29, 1.82) is 0 Å². The molecule has 2 aliphatic rings. The first-order valence-corrected chi connectivity index (χ1v) is 14.8. The maximum absolute atomic E-state index is 13.9. The zero-order valence-corrected chi connectivity index (χ0v) is 24.1. The Bertz CT molecular complexity index is 1200. The van der Waals surface area contributed by atoms with Crippen molar-refractivity contribution in [3.63, 3.8) is 0 Å². The third kappa shape index (κ3) is 5.71. The first-order chi connectivity index (χ1) is 20.5. The van der Waals surface area contributed by atoms with Crippen molar-refractivity contribution in [2.45, 2.75) is 80.6 Å². The summed E-state index contributed by atoms with van der Waals surface area (Å²) in [5, 5.41) is 0. The molecule has 2 saturated heterocycles. The largest absolute Gasteiger partial charge is 0.426 e. The lowest BCUT2D eigenvalue weighted by molar-refractivity contribution is -0.384. The Balaban J connectivity index is 1.45. The first kappa shape index (κ1) is 31.5. The van der Waals surface area contributed by atoms with Crippen LogP contribution in [0.1, 0.15) is 62.1 Å². The molecule has 9 heteroatoms. The number of ether oxygens (including phenoxy) is 2. The van der Waals surface area contributed by atoms with Crippen LogP contribution in [0, 0.1) is 0 Å². The lowest BCUT2D eigenvalue weighted by Crippen LogP contribution is -2.60. The number of hydrogen-bond acceptors (Lipinski definition) is 3. The average molecular weight is 606 g/mol. The van der Waals surface area contributed by atoms with E-state index in [0.717, 1.165) is 29.5 Å². The minimum Gasteiger partial charge on any atom is -0.359 e. The molecule has 3 aromatic carbocycles. The standard InChI is InChI=1S/C34H37F6NO2/c1-2-20-31(33(35,36)37,34(38,39)40)42-24-29-19-22-30(21-12-23-41(29)30)25-43-32(26-13-6-3-7-14-26,27-15-8-4-9-16-27)28-17-10-5-11-18-28/h3-11,13-18,29H,2,12,19-25H2,1H3/t29-,30-/m0/s1. The highest BCUT2D eigenvalue weighted by Gasteiger charge is 2.71. The summed E-state index contributed by atoms with van der Waals surface area (Å²) < 4.78 is 95.6. The van der Waals surface area contributed by atoms with E-state index in [1.807, 2.05) is 95.9 Å². The van der Waals surface area contributed by atoms with Crippen molar-refractivity contribution >= 4 is 0 Å². The van der Waals surface area contributed by atoms with Gasteiger partial charge in [0.2, 0.25) is 0 Å². The molecule has 0 N–H and O–H groups in total. The zero-order valence-electron chi connectivity index (χ0n) is 24.1. The molecule has 2 aliphatic heterocycles. The Hall–Kier alpha value is -2.88. The summed E-state index contributed by atoms with van der Waals surface area (Å²) in [5.41, 5.74) is -2.92. The Kier molecular flexibility index (Phi) is 8.99. The van der Waals surface area contributed by atoms with Crippen LogP contribution in [0.25, 0.3) is 0 Å². The van der Waals surface area contributed by atoms with Gasteiger partial charge in [-0.2, -0.15) is 26.3 Å². The summed E-state index contributed by atoms with van der Waals surface area (Å²) in [6.07, 6.45) is -10.1. The predicted molar refractivity (Wildman–Crippen MR) is 153 cm³/mol. The van der Waals surface area contributed by atoms with E-state index in [0.29, 0.717) is 19.4 Å². The van der Waals surface area contributed by atoms with Gasteiger partial charge in [-0.1, -0.05) is 104 Å². The Morgan fingerprint density at radius 2 is 1.21 bits per heavy atom. The number of alkyl halides is 6. The number of hydrogen-bond donors (Lipinski definition) is 0. The van der Waals surface area contributed by atoms with Gasteiger partial charge < -0.3 is 9.47 Å². The van der Waals surface area contributed by atoms with Crippen molar-refractivity contribution in [3.8, 4) is 0 Å². The predicted octanol–water partition coefficient (Wildman–Crippen LogP) is 8.67. The fourth-order valence-corrected chi connectivity index (χ4v) is 7.07. The second kappa shape index (κ2) is 12.3. The summed E-state index contributed by atoms with van der Waals surface area (Å²) in [5.74, 6) is 0. The van der Waals surface area contributed by atoms with E-state index in [1.165, 1.54) is 6.92 Å². The van der Waals surface area contributed by atoms with Crippen molar-refractivity contribution in [2.75, 3.05) is 19.8 Å². The molecule has 0 spiro atoms. The molecule has 232 valence electrons. The molecule has 0 aromatic heterocycles. The van der Waals surface area contributed by atoms with Gasteiger partial charge in [0.15, 0.2) is 0 Å². The van der Waals surface area contributed by atoms with Crippen LogP contribution in [0.4, 0.5) is 26.3 Å². The molecule has 43 heavy (non-hydrogen) atoms. The zero-order chi connectivity index (χ0) is 30.8. The average Bonchev–Trinajstić information content (AvgIpc) is 3.55. The van der Waals surface area contributed by atoms with E-state index < -0.39 is 48.2 Å². The highest BCUT2D eigenvalue weighted by atomic mass is 19.4. The molecular formula is C34H37F6NO2. The number of fused-ring (bicyclic) bond motifs is 1. The minimum absolute atomic E-state index is 0.251. The molecule has 0 saturated carbocycles. The van der Waals surface area contributed by atoms with Crippen LogP contribution < -0.4 is 0 Å². The Morgan fingerprint density at radius 3 is 1.65 bits per heavy atom. The van der Waals surface area contributed by atoms with Crippen molar-refractivity contribution in [1.82, 2.24) is 4.90 Å². The smallest absolute Gasteiger partial charge is 0.359 e. The second-order valence-corrected chi connectivity index (χ2v) is 11.7. The van der Waals surface area contributed by atoms with Crippen molar-refractivity contribution in [2.24, 2.45) is 0 Å². The van der Waals surface area contributed by atoms with E-state index >= 15 is 0 Å². The Morgan fingerprint density at radius 1 is 0.721 bits per heavy atom. The van der Waals surface area contributed by atoms with E-state index in [4.69, 9.17) is 9.47 Å². The summed E-state index contributed by atoms with van der Waals surface area (Å²) in [6.45, 7) is 1.46. The van der Waals surface area contributed by atoms with Gasteiger partial charge in [0, 0.05) is 11.6 Å². The number of halogens is 6. The second-order valence-electron chi connectivity index (χ2n) is 11.7. The highest BCUT2D eigenvalue weighted by Crippen LogP contribution is 2.51. The van der Waals surface area contributed by atoms with E-state index in [-0.39, 0.29) is 13.0 Å². The number of rotatable bonds is 11. The van der Waals surface area contributed by atoms with E-state index in [9.17, 15) is 26.3 Å². The van der Waals surface area contributed by atoms with E-state index in [1.54, 1.807) is 0 Å². The summed E-state index contributed by atoms with van der Waals surface area (Å²) in [7, 11) is 0. The summed E-state index contributed by atoms with van der Waals surface area (Å²) in [6, 6.07) is 29.0. The lowest BCUT2D eigenvalue weighted by atomic mass is 9.79. The van der Waals surface area contributed by atoms with Gasteiger partial charge in [0.25, 0.3) is 5.60 Å². The van der Waals surface area contributed by atoms with Crippen LogP contribution in [0.5, 0.6) is 0 Å². The Labute approximate surface area is 248 Å². The quantitative estimate of drug-likeness (QED) is 0.161. The van der Waals surface area contributed by atoms with Crippen LogP contribution >= 0.6 is 0 Å². The molecule has 0 amide bonds. The molecule has 3 aromatic rings. The fraction of sp³-hybridized carbons (Fsp3) is 0.471. The molecule has 3 nitrogen and oxygen atoms in total. The number of nitrogens with zero attached hydrogens (tertiary/aromatic N) is 1. The lowest BCUT2D eigenvalue weighted by Gasteiger charge is -2.42. The van der Waals surface area contributed by atoms with Gasteiger partial charge in [-0.15, -0.1) is 0 Å². The van der Waals surface area contributed by atoms with Crippen molar-refractivity contribution in [3.05, 3.63) is 108 Å². The van der Waals surface area contributed by atoms with Gasteiger partial charge >= 0.3 is 12.4 Å². The molecule has 0 aliphatic carbocycles. The first-order valence-electron chi connectivity index (χ1n) is 14.8. The van der Waals surface area contributed by atoms with Crippen LogP contribution in [0.2, 0.25) is 0 Å². The number of benzene rings is 3. The topological polar surface area (TPSA) is 21.7 Å². The SMILES string of the molecule is CCCC(OC[C@@H]1CC[C@]2(COC(c3ccccc3)(c3ccccc3)c3ccccc3)CCCN12)(C(F)(F)F)C(F)(F)F. The molecule has 2 fully saturated rings. The van der Waals surface area contributed by atoms with Crippen molar-refractivity contribution < 1.29 is 35.8 Å². The third-order valence-corrected chi connectivity index (χ3v) is 9.17. The van der Waals surface area contributed by atoms with Gasteiger partial charge in [0.05, 0.1) is 13.2 Å². The highest BCUT2D eigenvalue weighted by molar-refractivity contribution is 5.47.